The Balaban J connectivity index is 2.03. The van der Waals surface area contributed by atoms with Gasteiger partial charge >= 0.3 is 0 Å². The number of ether oxygens (including phenoxy) is 1. The SMILES string of the molecule is CCOC[C@H]1CN(c2ccccc2N)C[C@H]1C. The molecule has 3 nitrogen and oxygen atoms in total. The van der Waals surface area contributed by atoms with E-state index in [2.05, 4.69) is 17.9 Å². The van der Waals surface area contributed by atoms with Crippen LogP contribution in [0.3, 0.4) is 0 Å². The summed E-state index contributed by atoms with van der Waals surface area (Å²) >= 11 is 0. The Morgan fingerprint density at radius 3 is 2.82 bits per heavy atom. The molecule has 0 amide bonds. The second kappa shape index (κ2) is 5.41. The minimum Gasteiger partial charge on any atom is -0.397 e. The van der Waals surface area contributed by atoms with Crippen molar-refractivity contribution in [3.63, 3.8) is 0 Å². The Labute approximate surface area is 104 Å². The Morgan fingerprint density at radius 1 is 1.35 bits per heavy atom. The van der Waals surface area contributed by atoms with Gasteiger partial charge in [0, 0.05) is 25.6 Å². The molecule has 1 aromatic carbocycles. The highest BCUT2D eigenvalue weighted by atomic mass is 16.5. The Bertz CT molecular complexity index is 367. The number of anilines is 2. The van der Waals surface area contributed by atoms with Crippen LogP contribution in [0.2, 0.25) is 0 Å². The molecule has 1 aromatic rings. The normalized spacial score (nSPS) is 24.2. The highest BCUT2D eigenvalue weighted by molar-refractivity contribution is 5.67. The first-order chi connectivity index (χ1) is 8.22. The minimum atomic E-state index is 0.620. The Kier molecular flexibility index (Phi) is 3.89. The molecule has 94 valence electrons. The number of nitrogen functional groups attached to an aromatic ring is 1. The van der Waals surface area contributed by atoms with Crippen molar-refractivity contribution in [2.24, 2.45) is 11.8 Å². The maximum absolute atomic E-state index is 6.02. The van der Waals surface area contributed by atoms with Gasteiger partial charge in [-0.25, -0.2) is 0 Å². The van der Waals surface area contributed by atoms with Crippen LogP contribution in [0.25, 0.3) is 0 Å². The third-order valence-corrected chi connectivity index (χ3v) is 3.58. The van der Waals surface area contributed by atoms with Gasteiger partial charge in [-0.1, -0.05) is 19.1 Å². The van der Waals surface area contributed by atoms with E-state index in [1.54, 1.807) is 0 Å². The summed E-state index contributed by atoms with van der Waals surface area (Å²) in [5, 5.41) is 0. The van der Waals surface area contributed by atoms with Crippen LogP contribution >= 0.6 is 0 Å². The molecule has 0 radical (unpaired) electrons. The summed E-state index contributed by atoms with van der Waals surface area (Å²) in [5.74, 6) is 1.29. The van der Waals surface area contributed by atoms with Gasteiger partial charge in [0.15, 0.2) is 0 Å². The standard InChI is InChI=1S/C14H22N2O/c1-3-17-10-12-9-16(8-11(12)2)14-7-5-4-6-13(14)15/h4-7,11-12H,3,8-10,15H2,1-2H3/t11-,12-/m1/s1. The molecular weight excluding hydrogens is 212 g/mol. The molecule has 0 saturated carbocycles. The lowest BCUT2D eigenvalue weighted by atomic mass is 9.99. The lowest BCUT2D eigenvalue weighted by Gasteiger charge is -2.20. The first-order valence-electron chi connectivity index (χ1n) is 6.39. The number of hydrogen-bond donors (Lipinski definition) is 1. The highest BCUT2D eigenvalue weighted by Gasteiger charge is 2.30. The molecule has 17 heavy (non-hydrogen) atoms. The average molecular weight is 234 g/mol. The van der Waals surface area contributed by atoms with Gasteiger partial charge in [-0.3, -0.25) is 0 Å². The smallest absolute Gasteiger partial charge is 0.0600 e. The molecule has 2 rings (SSSR count). The first kappa shape index (κ1) is 12.2. The molecule has 2 atom stereocenters. The zero-order valence-corrected chi connectivity index (χ0v) is 10.7. The topological polar surface area (TPSA) is 38.5 Å². The van der Waals surface area contributed by atoms with Crippen LogP contribution in [0.5, 0.6) is 0 Å². The average Bonchev–Trinajstić information content (AvgIpc) is 2.68. The van der Waals surface area contributed by atoms with E-state index in [1.807, 2.05) is 25.1 Å². The molecular formula is C14H22N2O. The minimum absolute atomic E-state index is 0.620. The third-order valence-electron chi connectivity index (χ3n) is 3.58. The lowest BCUT2D eigenvalue weighted by molar-refractivity contribution is 0.104. The molecule has 1 aliphatic heterocycles. The third kappa shape index (κ3) is 2.72. The van der Waals surface area contributed by atoms with Gasteiger partial charge in [0.1, 0.15) is 0 Å². The van der Waals surface area contributed by atoms with Gasteiger partial charge < -0.3 is 15.4 Å². The Morgan fingerprint density at radius 2 is 2.12 bits per heavy atom. The maximum Gasteiger partial charge on any atom is 0.0600 e. The van der Waals surface area contributed by atoms with E-state index < -0.39 is 0 Å². The van der Waals surface area contributed by atoms with E-state index in [4.69, 9.17) is 10.5 Å². The van der Waals surface area contributed by atoms with Crippen LogP contribution in [0.1, 0.15) is 13.8 Å². The number of rotatable bonds is 4. The van der Waals surface area contributed by atoms with Gasteiger partial charge in [0.25, 0.3) is 0 Å². The van der Waals surface area contributed by atoms with Crippen LogP contribution in [0.15, 0.2) is 24.3 Å². The molecule has 1 fully saturated rings. The van der Waals surface area contributed by atoms with E-state index >= 15 is 0 Å². The first-order valence-corrected chi connectivity index (χ1v) is 6.39. The highest BCUT2D eigenvalue weighted by Crippen LogP contribution is 2.31. The van der Waals surface area contributed by atoms with Crippen LogP contribution in [0, 0.1) is 11.8 Å². The molecule has 0 bridgehead atoms. The number of benzene rings is 1. The van der Waals surface area contributed by atoms with E-state index in [0.717, 1.165) is 32.0 Å². The molecule has 2 N–H and O–H groups in total. The summed E-state index contributed by atoms with van der Waals surface area (Å²) < 4.78 is 5.54. The molecule has 1 aliphatic rings. The molecule has 1 heterocycles. The molecule has 0 aliphatic carbocycles. The number of nitrogens with two attached hydrogens (primary N) is 1. The zero-order chi connectivity index (χ0) is 12.3. The molecule has 0 spiro atoms. The summed E-state index contributed by atoms with van der Waals surface area (Å²) in [7, 11) is 0. The molecule has 0 aromatic heterocycles. The number of nitrogens with zero attached hydrogens (tertiary/aromatic N) is 1. The van der Waals surface area contributed by atoms with E-state index in [0.29, 0.717) is 11.8 Å². The number of hydrogen-bond acceptors (Lipinski definition) is 3. The lowest BCUT2D eigenvalue weighted by Crippen LogP contribution is -2.22. The van der Waals surface area contributed by atoms with Gasteiger partial charge in [-0.15, -0.1) is 0 Å². The van der Waals surface area contributed by atoms with Crippen LogP contribution < -0.4 is 10.6 Å². The zero-order valence-electron chi connectivity index (χ0n) is 10.7. The summed E-state index contributed by atoms with van der Waals surface area (Å²) in [6, 6.07) is 8.10. The summed E-state index contributed by atoms with van der Waals surface area (Å²) in [6.45, 7) is 8.13. The van der Waals surface area contributed by atoms with Crippen molar-refractivity contribution >= 4 is 11.4 Å². The van der Waals surface area contributed by atoms with Crippen molar-refractivity contribution in [3.05, 3.63) is 24.3 Å². The van der Waals surface area contributed by atoms with Crippen LogP contribution in [-0.2, 0) is 4.74 Å². The molecule has 3 heteroatoms. The fourth-order valence-electron chi connectivity index (χ4n) is 2.49. The summed E-state index contributed by atoms with van der Waals surface area (Å²) in [4.78, 5) is 2.38. The van der Waals surface area contributed by atoms with Crippen molar-refractivity contribution in [1.82, 2.24) is 0 Å². The van der Waals surface area contributed by atoms with Crippen molar-refractivity contribution in [3.8, 4) is 0 Å². The largest absolute Gasteiger partial charge is 0.397 e. The second-order valence-electron chi connectivity index (χ2n) is 4.86. The van der Waals surface area contributed by atoms with Gasteiger partial charge in [-0.2, -0.15) is 0 Å². The van der Waals surface area contributed by atoms with Crippen molar-refractivity contribution in [1.29, 1.82) is 0 Å². The van der Waals surface area contributed by atoms with E-state index in [9.17, 15) is 0 Å². The predicted molar refractivity (Wildman–Crippen MR) is 72.2 cm³/mol. The van der Waals surface area contributed by atoms with Crippen molar-refractivity contribution < 1.29 is 4.74 Å². The van der Waals surface area contributed by atoms with E-state index in [-0.39, 0.29) is 0 Å². The van der Waals surface area contributed by atoms with Crippen LogP contribution in [-0.4, -0.2) is 26.3 Å². The van der Waals surface area contributed by atoms with Gasteiger partial charge in [-0.05, 0) is 25.0 Å². The summed E-state index contributed by atoms with van der Waals surface area (Å²) in [6.07, 6.45) is 0. The van der Waals surface area contributed by atoms with Crippen molar-refractivity contribution in [2.45, 2.75) is 13.8 Å². The quantitative estimate of drug-likeness (QED) is 0.813. The fourth-order valence-corrected chi connectivity index (χ4v) is 2.49. The van der Waals surface area contributed by atoms with E-state index in [1.165, 1.54) is 5.69 Å². The predicted octanol–water partition coefficient (Wildman–Crippen LogP) is 2.38. The van der Waals surface area contributed by atoms with Crippen molar-refractivity contribution in [2.75, 3.05) is 36.9 Å². The van der Waals surface area contributed by atoms with Gasteiger partial charge in [0.2, 0.25) is 0 Å². The molecule has 1 saturated heterocycles. The second-order valence-corrected chi connectivity index (χ2v) is 4.86. The summed E-state index contributed by atoms with van der Waals surface area (Å²) in [5.41, 5.74) is 8.06. The van der Waals surface area contributed by atoms with Gasteiger partial charge in [0.05, 0.1) is 18.0 Å². The van der Waals surface area contributed by atoms with Crippen LogP contribution in [0.4, 0.5) is 11.4 Å². The Hall–Kier alpha value is -1.22. The molecule has 0 unspecified atom stereocenters. The maximum atomic E-state index is 6.02. The monoisotopic (exact) mass is 234 g/mol. The number of para-hydroxylation sites is 2. The fraction of sp³-hybridized carbons (Fsp3) is 0.571.